The SMILES string of the molecule is C[Si](C)(C)c1ccc(-c2ccc(-c3cccc(-c4ccc5oc6ccccc6c5c4)c3)cc2)cc1. The third-order valence-electron chi connectivity index (χ3n) is 6.88. The zero-order valence-electron chi connectivity index (χ0n) is 20.4. The molecule has 1 nitrogen and oxygen atoms in total. The monoisotopic (exact) mass is 468 g/mol. The van der Waals surface area contributed by atoms with Crippen LogP contribution in [0.15, 0.2) is 120 Å². The Bertz CT molecular complexity index is 1650. The summed E-state index contributed by atoms with van der Waals surface area (Å²) in [4.78, 5) is 0. The van der Waals surface area contributed by atoms with Crippen LogP contribution >= 0.6 is 0 Å². The maximum atomic E-state index is 6.01. The van der Waals surface area contributed by atoms with E-state index in [0.717, 1.165) is 21.9 Å². The van der Waals surface area contributed by atoms with Crippen molar-refractivity contribution in [3.05, 3.63) is 115 Å². The third kappa shape index (κ3) is 4.11. The lowest BCUT2D eigenvalue weighted by Crippen LogP contribution is -2.37. The Labute approximate surface area is 207 Å². The van der Waals surface area contributed by atoms with E-state index in [1.54, 1.807) is 0 Å². The lowest BCUT2D eigenvalue weighted by Gasteiger charge is -2.16. The van der Waals surface area contributed by atoms with Crippen LogP contribution in [0.3, 0.4) is 0 Å². The highest BCUT2D eigenvalue weighted by Crippen LogP contribution is 2.34. The first kappa shape index (κ1) is 21.6. The Balaban J connectivity index is 1.31. The molecule has 0 aliphatic rings. The van der Waals surface area contributed by atoms with Crippen molar-refractivity contribution in [2.75, 3.05) is 0 Å². The minimum absolute atomic E-state index is 0.930. The van der Waals surface area contributed by atoms with E-state index in [1.807, 2.05) is 12.1 Å². The summed E-state index contributed by atoms with van der Waals surface area (Å²) in [7, 11) is -1.27. The summed E-state index contributed by atoms with van der Waals surface area (Å²) in [6.07, 6.45) is 0. The third-order valence-corrected chi connectivity index (χ3v) is 8.94. The average Bonchev–Trinajstić information content (AvgIpc) is 3.26. The molecular formula is C33H28OSi. The van der Waals surface area contributed by atoms with Crippen molar-refractivity contribution in [1.82, 2.24) is 0 Å². The standard InChI is InChI=1S/C33H28OSi/c1-35(2,3)29-18-15-24(16-19-29)23-11-13-25(14-12-23)26-7-6-8-27(21-26)28-17-20-33-31(22-28)30-9-4-5-10-32(30)34-33/h4-22H,1-3H3. The van der Waals surface area contributed by atoms with Crippen molar-refractivity contribution in [3.8, 4) is 33.4 Å². The molecule has 0 atom stereocenters. The van der Waals surface area contributed by atoms with E-state index in [9.17, 15) is 0 Å². The van der Waals surface area contributed by atoms with Crippen LogP contribution in [0, 0.1) is 0 Å². The van der Waals surface area contributed by atoms with Crippen LogP contribution in [0.5, 0.6) is 0 Å². The average molecular weight is 469 g/mol. The molecule has 0 amide bonds. The molecule has 0 unspecified atom stereocenters. The topological polar surface area (TPSA) is 13.1 Å². The predicted octanol–water partition coefficient (Wildman–Crippen LogP) is 9.13. The molecule has 6 aromatic rings. The molecule has 0 bridgehead atoms. The highest BCUT2D eigenvalue weighted by molar-refractivity contribution is 6.88. The molecule has 170 valence electrons. The van der Waals surface area contributed by atoms with Crippen LogP contribution in [0.2, 0.25) is 19.6 Å². The summed E-state index contributed by atoms with van der Waals surface area (Å²) in [5.41, 5.74) is 9.25. The largest absolute Gasteiger partial charge is 0.456 e. The second-order valence-electron chi connectivity index (χ2n) is 10.3. The molecule has 0 saturated heterocycles. The quantitative estimate of drug-likeness (QED) is 0.235. The van der Waals surface area contributed by atoms with Crippen LogP contribution in [-0.4, -0.2) is 8.07 Å². The number of hydrogen-bond donors (Lipinski definition) is 0. The second kappa shape index (κ2) is 8.40. The Morgan fingerprint density at radius 1 is 0.429 bits per heavy atom. The van der Waals surface area contributed by atoms with Crippen molar-refractivity contribution in [2.24, 2.45) is 0 Å². The van der Waals surface area contributed by atoms with E-state index in [2.05, 4.69) is 123 Å². The van der Waals surface area contributed by atoms with Gasteiger partial charge in [-0.25, -0.2) is 0 Å². The van der Waals surface area contributed by atoms with Gasteiger partial charge in [-0.1, -0.05) is 116 Å². The van der Waals surface area contributed by atoms with Crippen LogP contribution in [-0.2, 0) is 0 Å². The van der Waals surface area contributed by atoms with E-state index < -0.39 is 8.07 Å². The van der Waals surface area contributed by atoms with Gasteiger partial charge in [0.15, 0.2) is 0 Å². The minimum Gasteiger partial charge on any atom is -0.456 e. The van der Waals surface area contributed by atoms with Gasteiger partial charge < -0.3 is 4.42 Å². The maximum Gasteiger partial charge on any atom is 0.135 e. The summed E-state index contributed by atoms with van der Waals surface area (Å²) in [6.45, 7) is 7.17. The first-order valence-corrected chi connectivity index (χ1v) is 15.7. The smallest absolute Gasteiger partial charge is 0.135 e. The molecule has 5 aromatic carbocycles. The van der Waals surface area contributed by atoms with Crippen molar-refractivity contribution < 1.29 is 4.42 Å². The van der Waals surface area contributed by atoms with Gasteiger partial charge in [-0.3, -0.25) is 0 Å². The Kier molecular flexibility index (Phi) is 5.20. The Morgan fingerprint density at radius 3 is 1.63 bits per heavy atom. The summed E-state index contributed by atoms with van der Waals surface area (Å²) in [6, 6.07) is 41.6. The van der Waals surface area contributed by atoms with Crippen LogP contribution in [0.4, 0.5) is 0 Å². The van der Waals surface area contributed by atoms with Crippen molar-refractivity contribution in [1.29, 1.82) is 0 Å². The second-order valence-corrected chi connectivity index (χ2v) is 15.4. The van der Waals surface area contributed by atoms with Gasteiger partial charge >= 0.3 is 0 Å². The van der Waals surface area contributed by atoms with Gasteiger partial charge in [0.2, 0.25) is 0 Å². The number of furan rings is 1. The molecule has 1 aromatic heterocycles. The molecule has 1 heterocycles. The van der Waals surface area contributed by atoms with Crippen LogP contribution in [0.25, 0.3) is 55.3 Å². The molecule has 0 aliphatic heterocycles. The first-order valence-electron chi connectivity index (χ1n) is 12.2. The Morgan fingerprint density at radius 2 is 0.943 bits per heavy atom. The predicted molar refractivity (Wildman–Crippen MR) is 153 cm³/mol. The summed E-state index contributed by atoms with van der Waals surface area (Å²) >= 11 is 0. The van der Waals surface area contributed by atoms with Gasteiger partial charge in [-0.2, -0.15) is 0 Å². The molecule has 0 aliphatic carbocycles. The van der Waals surface area contributed by atoms with Crippen molar-refractivity contribution in [3.63, 3.8) is 0 Å². The van der Waals surface area contributed by atoms with Gasteiger partial charge in [0, 0.05) is 10.8 Å². The molecule has 2 heteroatoms. The molecule has 0 N–H and O–H groups in total. The zero-order valence-corrected chi connectivity index (χ0v) is 21.4. The Hall–Kier alpha value is -3.88. The maximum absolute atomic E-state index is 6.01. The number of rotatable bonds is 4. The molecule has 0 spiro atoms. The van der Waals surface area contributed by atoms with E-state index in [4.69, 9.17) is 4.42 Å². The van der Waals surface area contributed by atoms with E-state index >= 15 is 0 Å². The van der Waals surface area contributed by atoms with Gasteiger partial charge in [0.1, 0.15) is 11.2 Å². The van der Waals surface area contributed by atoms with E-state index in [-0.39, 0.29) is 0 Å². The highest BCUT2D eigenvalue weighted by Gasteiger charge is 2.15. The fourth-order valence-corrected chi connectivity index (χ4v) is 5.97. The molecular weight excluding hydrogens is 440 g/mol. The summed E-state index contributed by atoms with van der Waals surface area (Å²) in [5, 5.41) is 3.82. The van der Waals surface area contributed by atoms with Gasteiger partial charge in [0.25, 0.3) is 0 Å². The molecule has 0 fully saturated rings. The summed E-state index contributed by atoms with van der Waals surface area (Å²) < 4.78 is 6.01. The lowest BCUT2D eigenvalue weighted by atomic mass is 9.96. The van der Waals surface area contributed by atoms with E-state index in [0.29, 0.717) is 0 Å². The van der Waals surface area contributed by atoms with E-state index in [1.165, 1.54) is 38.6 Å². The molecule has 6 rings (SSSR count). The first-order chi connectivity index (χ1) is 17.0. The number of hydrogen-bond acceptors (Lipinski definition) is 1. The van der Waals surface area contributed by atoms with Crippen LogP contribution < -0.4 is 5.19 Å². The van der Waals surface area contributed by atoms with Gasteiger partial charge in [-0.15, -0.1) is 0 Å². The number of fused-ring (bicyclic) bond motifs is 3. The highest BCUT2D eigenvalue weighted by atomic mass is 28.3. The summed E-state index contributed by atoms with van der Waals surface area (Å²) in [5.74, 6) is 0. The molecule has 35 heavy (non-hydrogen) atoms. The lowest BCUT2D eigenvalue weighted by molar-refractivity contribution is 0.669. The van der Waals surface area contributed by atoms with Gasteiger partial charge in [-0.05, 0) is 57.6 Å². The van der Waals surface area contributed by atoms with Crippen LogP contribution in [0.1, 0.15) is 0 Å². The van der Waals surface area contributed by atoms with Crippen molar-refractivity contribution >= 4 is 35.2 Å². The minimum atomic E-state index is -1.27. The van der Waals surface area contributed by atoms with Gasteiger partial charge in [0.05, 0.1) is 8.07 Å². The molecule has 0 saturated carbocycles. The normalized spacial score (nSPS) is 11.9. The number of benzene rings is 5. The molecule has 0 radical (unpaired) electrons. The fraction of sp³-hybridized carbons (Fsp3) is 0.0909. The number of para-hydroxylation sites is 1. The van der Waals surface area contributed by atoms with Crippen molar-refractivity contribution in [2.45, 2.75) is 19.6 Å². The fourth-order valence-electron chi connectivity index (χ4n) is 4.80. The zero-order chi connectivity index (χ0) is 24.0.